The van der Waals surface area contributed by atoms with E-state index in [1.54, 1.807) is 10.6 Å². The average Bonchev–Trinajstić information content (AvgIpc) is 2.96. The van der Waals surface area contributed by atoms with Gasteiger partial charge in [-0.3, -0.25) is 4.79 Å². The summed E-state index contributed by atoms with van der Waals surface area (Å²) in [6, 6.07) is 10.3. The van der Waals surface area contributed by atoms with Gasteiger partial charge < -0.3 is 14.8 Å². The Morgan fingerprint density at radius 1 is 1.37 bits per heavy atom. The van der Waals surface area contributed by atoms with Gasteiger partial charge in [-0.15, -0.1) is 0 Å². The van der Waals surface area contributed by atoms with Crippen molar-refractivity contribution in [3.63, 3.8) is 0 Å². The quantitative estimate of drug-likeness (QED) is 0.882. The molecule has 3 rings (SSSR count). The Hall–Kier alpha value is -1.81. The van der Waals surface area contributed by atoms with E-state index in [4.69, 9.17) is 0 Å². The first-order valence-corrected chi connectivity index (χ1v) is 6.71. The Balaban J connectivity index is 2.17. The number of nitrogens with zero attached hydrogens (tertiary/aromatic N) is 2. The molecule has 100 valence electrons. The second-order valence-electron chi connectivity index (χ2n) is 5.20. The van der Waals surface area contributed by atoms with E-state index in [9.17, 15) is 4.79 Å². The minimum atomic E-state index is 0.0477. The van der Waals surface area contributed by atoms with Crippen molar-refractivity contribution < 1.29 is 0 Å². The fraction of sp³-hybridized carbons (Fsp3) is 0.400. The summed E-state index contributed by atoms with van der Waals surface area (Å²) in [5.41, 5.74) is 2.07. The minimum Gasteiger partial charge on any atom is -0.370 e. The molecule has 1 fully saturated rings. The van der Waals surface area contributed by atoms with E-state index in [1.807, 2.05) is 25.2 Å². The molecule has 2 heterocycles. The highest BCUT2D eigenvalue weighted by Gasteiger charge is 2.21. The van der Waals surface area contributed by atoms with Crippen LogP contribution in [0, 0.1) is 0 Å². The molecule has 1 saturated heterocycles. The zero-order valence-electron chi connectivity index (χ0n) is 11.4. The highest BCUT2D eigenvalue weighted by molar-refractivity contribution is 5.91. The molecule has 19 heavy (non-hydrogen) atoms. The van der Waals surface area contributed by atoms with Crippen LogP contribution in [0.25, 0.3) is 10.9 Å². The number of pyridine rings is 1. The number of nitrogens with one attached hydrogen (secondary N) is 1. The Morgan fingerprint density at radius 2 is 2.16 bits per heavy atom. The lowest BCUT2D eigenvalue weighted by Crippen LogP contribution is -2.34. The number of aromatic nitrogens is 1. The van der Waals surface area contributed by atoms with Crippen LogP contribution in [0.15, 0.2) is 35.1 Å². The molecule has 4 nitrogen and oxygen atoms in total. The lowest BCUT2D eigenvalue weighted by molar-refractivity contribution is 0.686. The van der Waals surface area contributed by atoms with E-state index in [0.717, 1.165) is 36.1 Å². The third-order valence-corrected chi connectivity index (χ3v) is 4.09. The second-order valence-corrected chi connectivity index (χ2v) is 5.20. The molecule has 0 bridgehead atoms. The molecule has 1 aliphatic rings. The number of aryl methyl sites for hydroxylation is 1. The van der Waals surface area contributed by atoms with E-state index in [2.05, 4.69) is 23.3 Å². The summed E-state index contributed by atoms with van der Waals surface area (Å²) >= 11 is 0. The molecular weight excluding hydrogens is 238 g/mol. The maximum Gasteiger partial charge on any atom is 0.252 e. The monoisotopic (exact) mass is 257 g/mol. The Morgan fingerprint density at radius 3 is 2.89 bits per heavy atom. The minimum absolute atomic E-state index is 0.0477. The summed E-state index contributed by atoms with van der Waals surface area (Å²) in [6.07, 6.45) is 1.13. The maximum atomic E-state index is 12.1. The summed E-state index contributed by atoms with van der Waals surface area (Å²) in [6.45, 7) is 2.04. The molecule has 0 radical (unpaired) electrons. The van der Waals surface area contributed by atoms with Crippen LogP contribution in [0.1, 0.15) is 6.42 Å². The Labute approximate surface area is 112 Å². The number of hydrogen-bond donors (Lipinski definition) is 1. The van der Waals surface area contributed by atoms with Gasteiger partial charge in [0.25, 0.3) is 5.56 Å². The van der Waals surface area contributed by atoms with Crippen LogP contribution in [-0.4, -0.2) is 30.7 Å². The second kappa shape index (κ2) is 4.70. The third kappa shape index (κ3) is 2.02. The van der Waals surface area contributed by atoms with E-state index in [-0.39, 0.29) is 5.56 Å². The Bertz CT molecular complexity index is 656. The van der Waals surface area contributed by atoms with Crippen molar-refractivity contribution >= 4 is 16.6 Å². The van der Waals surface area contributed by atoms with Gasteiger partial charge in [0.2, 0.25) is 0 Å². The fourth-order valence-corrected chi connectivity index (χ4v) is 2.85. The van der Waals surface area contributed by atoms with Crippen molar-refractivity contribution in [3.05, 3.63) is 40.7 Å². The predicted octanol–water partition coefficient (Wildman–Crippen LogP) is 1.34. The van der Waals surface area contributed by atoms with Gasteiger partial charge in [0, 0.05) is 38.1 Å². The topological polar surface area (TPSA) is 37.3 Å². The number of hydrogen-bond acceptors (Lipinski definition) is 3. The van der Waals surface area contributed by atoms with Crippen molar-refractivity contribution in [1.82, 2.24) is 9.88 Å². The van der Waals surface area contributed by atoms with Crippen LogP contribution in [0.5, 0.6) is 0 Å². The Kier molecular flexibility index (Phi) is 3.03. The highest BCUT2D eigenvalue weighted by atomic mass is 16.1. The van der Waals surface area contributed by atoms with Crippen molar-refractivity contribution in [1.29, 1.82) is 0 Å². The first-order valence-electron chi connectivity index (χ1n) is 6.71. The van der Waals surface area contributed by atoms with E-state index in [0.29, 0.717) is 6.04 Å². The van der Waals surface area contributed by atoms with Gasteiger partial charge in [0.1, 0.15) is 0 Å². The molecule has 1 aromatic heterocycles. The van der Waals surface area contributed by atoms with Gasteiger partial charge in [0.05, 0.1) is 11.2 Å². The number of rotatable bonds is 2. The van der Waals surface area contributed by atoms with Crippen molar-refractivity contribution in [2.75, 3.05) is 25.0 Å². The predicted molar refractivity (Wildman–Crippen MR) is 78.9 cm³/mol. The zero-order chi connectivity index (χ0) is 13.4. The number of benzene rings is 1. The SMILES string of the molecule is CN(c1cc(=O)n(C)c2ccccc12)C1CCNC1. The fourth-order valence-electron chi connectivity index (χ4n) is 2.85. The van der Waals surface area contributed by atoms with Crippen LogP contribution in [0.4, 0.5) is 5.69 Å². The number of anilines is 1. The lowest BCUT2D eigenvalue weighted by Gasteiger charge is -2.27. The van der Waals surface area contributed by atoms with Crippen LogP contribution < -0.4 is 15.8 Å². The van der Waals surface area contributed by atoms with Gasteiger partial charge in [-0.25, -0.2) is 0 Å². The highest BCUT2D eigenvalue weighted by Crippen LogP contribution is 2.26. The molecule has 1 aromatic carbocycles. The van der Waals surface area contributed by atoms with Gasteiger partial charge in [-0.2, -0.15) is 0 Å². The molecule has 4 heteroatoms. The smallest absolute Gasteiger partial charge is 0.252 e. The van der Waals surface area contributed by atoms with Crippen molar-refractivity contribution in [2.24, 2.45) is 7.05 Å². The molecule has 1 aliphatic heterocycles. The van der Waals surface area contributed by atoms with E-state index < -0.39 is 0 Å². The van der Waals surface area contributed by atoms with Gasteiger partial charge in [0.15, 0.2) is 0 Å². The summed E-state index contributed by atoms with van der Waals surface area (Å²) < 4.78 is 1.71. The molecule has 1 atom stereocenters. The summed E-state index contributed by atoms with van der Waals surface area (Å²) in [4.78, 5) is 14.3. The van der Waals surface area contributed by atoms with E-state index >= 15 is 0 Å². The van der Waals surface area contributed by atoms with Crippen LogP contribution in [0.3, 0.4) is 0 Å². The maximum absolute atomic E-state index is 12.1. The third-order valence-electron chi connectivity index (χ3n) is 4.09. The zero-order valence-corrected chi connectivity index (χ0v) is 11.4. The van der Waals surface area contributed by atoms with Crippen LogP contribution in [0.2, 0.25) is 0 Å². The average molecular weight is 257 g/mol. The normalized spacial score (nSPS) is 18.9. The molecule has 1 unspecified atom stereocenters. The van der Waals surface area contributed by atoms with E-state index in [1.165, 1.54) is 0 Å². The van der Waals surface area contributed by atoms with Gasteiger partial charge in [-0.05, 0) is 19.0 Å². The molecule has 1 N–H and O–H groups in total. The molecule has 0 spiro atoms. The number of likely N-dealkylation sites (N-methyl/N-ethyl adjacent to an activating group) is 1. The number of para-hydroxylation sites is 1. The first-order chi connectivity index (χ1) is 9.18. The van der Waals surface area contributed by atoms with Gasteiger partial charge >= 0.3 is 0 Å². The molecule has 0 saturated carbocycles. The molecule has 0 amide bonds. The van der Waals surface area contributed by atoms with Crippen LogP contribution in [-0.2, 0) is 7.05 Å². The van der Waals surface area contributed by atoms with Crippen molar-refractivity contribution in [3.8, 4) is 0 Å². The largest absolute Gasteiger partial charge is 0.370 e. The summed E-state index contributed by atoms with van der Waals surface area (Å²) in [5.74, 6) is 0. The lowest BCUT2D eigenvalue weighted by atomic mass is 10.1. The standard InChI is InChI=1S/C15H19N3O/c1-17(11-7-8-16-10-11)14-9-15(19)18(2)13-6-4-3-5-12(13)14/h3-6,9,11,16H,7-8,10H2,1-2H3. The molecule has 0 aliphatic carbocycles. The van der Waals surface area contributed by atoms with Crippen molar-refractivity contribution in [2.45, 2.75) is 12.5 Å². The molecular formula is C15H19N3O. The number of fused-ring (bicyclic) bond motifs is 1. The first kappa shape index (κ1) is 12.2. The summed E-state index contributed by atoms with van der Waals surface area (Å²) in [7, 11) is 3.91. The molecule has 2 aromatic rings. The summed E-state index contributed by atoms with van der Waals surface area (Å²) in [5, 5.41) is 4.51. The van der Waals surface area contributed by atoms with Crippen LogP contribution >= 0.6 is 0 Å². The van der Waals surface area contributed by atoms with Gasteiger partial charge in [-0.1, -0.05) is 18.2 Å².